The first-order valence-corrected chi connectivity index (χ1v) is 6.89. The van der Waals surface area contributed by atoms with E-state index in [1.165, 1.54) is 0 Å². The smallest absolute Gasteiger partial charge is 0.122 e. The minimum Gasteiger partial charge on any atom is -0.496 e. The minimum atomic E-state index is 0.138. The van der Waals surface area contributed by atoms with Crippen LogP contribution in [0.1, 0.15) is 22.9 Å². The van der Waals surface area contributed by atoms with Crippen LogP contribution in [-0.4, -0.2) is 22.1 Å². The number of aromatic nitrogens is 3. The van der Waals surface area contributed by atoms with E-state index in [-0.39, 0.29) is 5.92 Å². The molecule has 0 bridgehead atoms. The van der Waals surface area contributed by atoms with Gasteiger partial charge in [0.05, 0.1) is 13.4 Å². The quantitative estimate of drug-likeness (QED) is 0.780. The molecule has 0 unspecified atom stereocenters. The van der Waals surface area contributed by atoms with Gasteiger partial charge in [0.25, 0.3) is 0 Å². The third-order valence-corrected chi connectivity index (χ3v) is 3.55. The van der Waals surface area contributed by atoms with Gasteiger partial charge in [-0.05, 0) is 18.2 Å². The fraction of sp³-hybridized carbons (Fsp3) is 0.176. The van der Waals surface area contributed by atoms with Gasteiger partial charge in [-0.25, -0.2) is 4.98 Å². The Labute approximate surface area is 123 Å². The summed E-state index contributed by atoms with van der Waals surface area (Å²) in [7, 11) is 1.70. The summed E-state index contributed by atoms with van der Waals surface area (Å²) in [6.45, 7) is 0. The van der Waals surface area contributed by atoms with Crippen LogP contribution in [-0.2, 0) is 6.42 Å². The van der Waals surface area contributed by atoms with Crippen molar-refractivity contribution >= 4 is 0 Å². The molecule has 1 aromatic carbocycles. The predicted octanol–water partition coefficient (Wildman–Crippen LogP) is 3.19. The summed E-state index contributed by atoms with van der Waals surface area (Å²) < 4.78 is 5.51. The summed E-state index contributed by atoms with van der Waals surface area (Å²) in [6.07, 6.45) is 6.18. The molecule has 4 heteroatoms. The maximum absolute atomic E-state index is 5.51. The molecular formula is C17H17N3O. The van der Waals surface area contributed by atoms with Crippen LogP contribution in [0.3, 0.4) is 0 Å². The molecular weight excluding hydrogens is 262 g/mol. The lowest BCUT2D eigenvalue weighted by atomic mass is 9.90. The second-order valence-corrected chi connectivity index (χ2v) is 4.83. The molecule has 0 aliphatic heterocycles. The van der Waals surface area contributed by atoms with E-state index in [0.29, 0.717) is 0 Å². The van der Waals surface area contributed by atoms with Crippen molar-refractivity contribution in [3.8, 4) is 5.75 Å². The Hall–Kier alpha value is -2.62. The zero-order chi connectivity index (χ0) is 14.5. The van der Waals surface area contributed by atoms with Crippen LogP contribution in [0, 0.1) is 0 Å². The van der Waals surface area contributed by atoms with E-state index in [1.807, 2.05) is 48.8 Å². The highest BCUT2D eigenvalue weighted by atomic mass is 16.5. The van der Waals surface area contributed by atoms with Crippen molar-refractivity contribution in [1.82, 2.24) is 15.0 Å². The zero-order valence-electron chi connectivity index (χ0n) is 11.9. The van der Waals surface area contributed by atoms with Gasteiger partial charge in [-0.3, -0.25) is 4.98 Å². The number of nitrogens with zero attached hydrogens (tertiary/aromatic N) is 2. The standard InChI is InChI=1S/C17H17N3O/c1-21-17-8-3-2-7-14(17)15(16-11-18-12-20-16)10-13-6-4-5-9-19-13/h2-9,11-12,15H,10H2,1H3,(H,18,20)/t15-/m1/s1. The number of rotatable bonds is 5. The minimum absolute atomic E-state index is 0.138. The second-order valence-electron chi connectivity index (χ2n) is 4.83. The van der Waals surface area contributed by atoms with Crippen molar-refractivity contribution in [2.45, 2.75) is 12.3 Å². The molecule has 0 aliphatic carbocycles. The van der Waals surface area contributed by atoms with E-state index in [2.05, 4.69) is 21.0 Å². The SMILES string of the molecule is COc1ccccc1[C@@H](Cc1ccccn1)c1cnc[nH]1. The molecule has 0 fully saturated rings. The Balaban J connectivity index is 2.01. The van der Waals surface area contributed by atoms with Gasteiger partial charge in [-0.15, -0.1) is 0 Å². The fourth-order valence-corrected chi connectivity index (χ4v) is 2.53. The van der Waals surface area contributed by atoms with Gasteiger partial charge in [-0.1, -0.05) is 24.3 Å². The lowest BCUT2D eigenvalue weighted by Gasteiger charge is -2.18. The number of nitrogens with one attached hydrogen (secondary N) is 1. The number of hydrogen-bond acceptors (Lipinski definition) is 3. The number of aromatic amines is 1. The molecule has 0 amide bonds. The monoisotopic (exact) mass is 279 g/mol. The van der Waals surface area contributed by atoms with Gasteiger partial charge in [0.15, 0.2) is 0 Å². The maximum Gasteiger partial charge on any atom is 0.122 e. The van der Waals surface area contributed by atoms with Crippen LogP contribution >= 0.6 is 0 Å². The third kappa shape index (κ3) is 2.94. The first kappa shape index (κ1) is 13.4. The van der Waals surface area contributed by atoms with Crippen molar-refractivity contribution in [3.63, 3.8) is 0 Å². The number of benzene rings is 1. The van der Waals surface area contributed by atoms with E-state index in [9.17, 15) is 0 Å². The van der Waals surface area contributed by atoms with Crippen LogP contribution < -0.4 is 4.74 Å². The van der Waals surface area contributed by atoms with Crippen LogP contribution in [0.4, 0.5) is 0 Å². The second kappa shape index (κ2) is 6.22. The van der Waals surface area contributed by atoms with Crippen LogP contribution in [0.2, 0.25) is 0 Å². The molecule has 4 nitrogen and oxygen atoms in total. The average Bonchev–Trinajstić information content (AvgIpc) is 3.08. The maximum atomic E-state index is 5.51. The number of para-hydroxylation sites is 1. The summed E-state index contributed by atoms with van der Waals surface area (Å²) in [5.41, 5.74) is 3.24. The number of H-pyrrole nitrogens is 1. The molecule has 0 saturated heterocycles. The molecule has 106 valence electrons. The number of ether oxygens (including phenoxy) is 1. The van der Waals surface area contributed by atoms with Crippen molar-refractivity contribution in [2.75, 3.05) is 7.11 Å². The summed E-state index contributed by atoms with van der Waals surface area (Å²) in [6, 6.07) is 14.1. The molecule has 21 heavy (non-hydrogen) atoms. The molecule has 2 aromatic heterocycles. The Kier molecular flexibility index (Phi) is 3.96. The van der Waals surface area contributed by atoms with Crippen LogP contribution in [0.25, 0.3) is 0 Å². The normalized spacial score (nSPS) is 12.0. The highest BCUT2D eigenvalue weighted by molar-refractivity contribution is 5.40. The molecule has 0 spiro atoms. The Bertz CT molecular complexity index is 680. The largest absolute Gasteiger partial charge is 0.496 e. The van der Waals surface area contributed by atoms with Crippen molar-refractivity contribution in [2.24, 2.45) is 0 Å². The molecule has 2 heterocycles. The van der Waals surface area contributed by atoms with Crippen LogP contribution in [0.15, 0.2) is 61.2 Å². The highest BCUT2D eigenvalue weighted by Crippen LogP contribution is 2.32. The van der Waals surface area contributed by atoms with E-state index < -0.39 is 0 Å². The molecule has 3 rings (SSSR count). The van der Waals surface area contributed by atoms with Crippen LogP contribution in [0.5, 0.6) is 5.75 Å². The van der Waals surface area contributed by atoms with Gasteiger partial charge < -0.3 is 9.72 Å². The van der Waals surface area contributed by atoms with E-state index in [1.54, 1.807) is 13.4 Å². The molecule has 0 aliphatic rings. The summed E-state index contributed by atoms with van der Waals surface area (Å²) in [5, 5.41) is 0. The number of imidazole rings is 1. The summed E-state index contributed by atoms with van der Waals surface area (Å²) in [4.78, 5) is 11.8. The Morgan fingerprint density at radius 2 is 2.00 bits per heavy atom. The Morgan fingerprint density at radius 3 is 2.71 bits per heavy atom. The third-order valence-electron chi connectivity index (χ3n) is 3.55. The van der Waals surface area contributed by atoms with Gasteiger partial charge in [0, 0.05) is 41.7 Å². The van der Waals surface area contributed by atoms with Gasteiger partial charge in [0.2, 0.25) is 0 Å². The summed E-state index contributed by atoms with van der Waals surface area (Å²) >= 11 is 0. The lowest BCUT2D eigenvalue weighted by molar-refractivity contribution is 0.407. The number of methoxy groups -OCH3 is 1. The molecule has 3 aromatic rings. The first-order chi connectivity index (χ1) is 10.4. The van der Waals surface area contributed by atoms with Crippen molar-refractivity contribution in [3.05, 3.63) is 78.1 Å². The average molecular weight is 279 g/mol. The number of pyridine rings is 1. The predicted molar refractivity (Wildman–Crippen MR) is 81.4 cm³/mol. The number of hydrogen-bond donors (Lipinski definition) is 1. The topological polar surface area (TPSA) is 50.8 Å². The highest BCUT2D eigenvalue weighted by Gasteiger charge is 2.20. The zero-order valence-corrected chi connectivity index (χ0v) is 11.9. The Morgan fingerprint density at radius 1 is 1.14 bits per heavy atom. The van der Waals surface area contributed by atoms with E-state index >= 15 is 0 Å². The van der Waals surface area contributed by atoms with E-state index in [4.69, 9.17) is 4.74 Å². The first-order valence-electron chi connectivity index (χ1n) is 6.89. The molecule has 0 radical (unpaired) electrons. The summed E-state index contributed by atoms with van der Waals surface area (Å²) in [5.74, 6) is 1.02. The molecule has 0 saturated carbocycles. The van der Waals surface area contributed by atoms with Gasteiger partial charge in [0.1, 0.15) is 5.75 Å². The van der Waals surface area contributed by atoms with Gasteiger partial charge >= 0.3 is 0 Å². The lowest BCUT2D eigenvalue weighted by Crippen LogP contribution is -2.08. The molecule has 1 atom stereocenters. The molecule has 1 N–H and O–H groups in total. The van der Waals surface area contributed by atoms with Crippen molar-refractivity contribution in [1.29, 1.82) is 0 Å². The van der Waals surface area contributed by atoms with E-state index in [0.717, 1.165) is 29.1 Å². The van der Waals surface area contributed by atoms with Gasteiger partial charge in [-0.2, -0.15) is 0 Å². The fourth-order valence-electron chi connectivity index (χ4n) is 2.53. The van der Waals surface area contributed by atoms with Crippen molar-refractivity contribution < 1.29 is 4.74 Å².